The number of nitrogens with two attached hydrogens (primary N) is 1. The van der Waals surface area contributed by atoms with Crippen LogP contribution in [0.1, 0.15) is 42.7 Å². The Bertz CT molecular complexity index is 1570. The first-order chi connectivity index (χ1) is 17.9. The summed E-state index contributed by atoms with van der Waals surface area (Å²) in [4.78, 5) is 22.3. The first-order valence-electron chi connectivity index (χ1n) is 12.0. The second-order valence-corrected chi connectivity index (χ2v) is 9.73. The normalized spacial score (nSPS) is 11.5. The molecule has 0 spiro atoms. The third-order valence-electron chi connectivity index (χ3n) is 6.09. The van der Waals surface area contributed by atoms with E-state index in [1.807, 2.05) is 68.4 Å². The van der Waals surface area contributed by atoms with Crippen molar-refractivity contribution in [3.63, 3.8) is 0 Å². The Balaban J connectivity index is 1.72. The number of thioether (sulfide) groups is 1. The highest BCUT2D eigenvalue weighted by Gasteiger charge is 2.26. The molecule has 3 N–H and O–H groups in total. The number of nitrogen functional groups attached to an aromatic ring is 1. The number of hydrogen-bond donors (Lipinski definition) is 2. The lowest BCUT2D eigenvalue weighted by Crippen LogP contribution is -2.25. The van der Waals surface area contributed by atoms with Crippen molar-refractivity contribution in [1.29, 1.82) is 10.5 Å². The zero-order valence-corrected chi connectivity index (χ0v) is 21.7. The van der Waals surface area contributed by atoms with Gasteiger partial charge in [-0.1, -0.05) is 68.1 Å². The summed E-state index contributed by atoms with van der Waals surface area (Å²) in [7, 11) is 0. The lowest BCUT2D eigenvalue weighted by molar-refractivity contribution is -0.115. The van der Waals surface area contributed by atoms with E-state index < -0.39 is 5.25 Å². The van der Waals surface area contributed by atoms with Crippen LogP contribution in [-0.2, 0) is 11.2 Å². The molecule has 1 atom stereocenters. The van der Waals surface area contributed by atoms with Crippen molar-refractivity contribution in [2.75, 3.05) is 11.1 Å². The standard InChI is InChI=1S/C29H26N6OS/c1-4-18-10-12-19(13-11-18)26-21(15-30)27(32)35-29(22(26)16-31)37-25(5-2)28(36)34-24-14-17(3)33-23-9-7-6-8-20(23)24/h6-14,25H,4-5H2,1-3H3,(H2,32,35)(H,33,34,36). The molecule has 1 unspecified atom stereocenters. The molecule has 0 aliphatic heterocycles. The van der Waals surface area contributed by atoms with Crippen molar-refractivity contribution in [1.82, 2.24) is 9.97 Å². The molecule has 2 aromatic heterocycles. The largest absolute Gasteiger partial charge is 0.383 e. The van der Waals surface area contributed by atoms with Gasteiger partial charge in [-0.05, 0) is 43.0 Å². The van der Waals surface area contributed by atoms with Gasteiger partial charge in [0.25, 0.3) is 0 Å². The number of aryl methyl sites for hydroxylation is 2. The van der Waals surface area contributed by atoms with Gasteiger partial charge in [-0.3, -0.25) is 9.78 Å². The number of fused-ring (bicyclic) bond motifs is 1. The van der Waals surface area contributed by atoms with E-state index >= 15 is 0 Å². The highest BCUT2D eigenvalue weighted by Crippen LogP contribution is 2.38. The van der Waals surface area contributed by atoms with Crippen LogP contribution in [0, 0.1) is 29.6 Å². The van der Waals surface area contributed by atoms with Gasteiger partial charge in [-0.2, -0.15) is 10.5 Å². The topological polar surface area (TPSA) is 128 Å². The van der Waals surface area contributed by atoms with E-state index in [4.69, 9.17) is 5.73 Å². The number of para-hydroxylation sites is 1. The van der Waals surface area contributed by atoms with Crippen LogP contribution in [0.5, 0.6) is 0 Å². The highest BCUT2D eigenvalue weighted by molar-refractivity contribution is 8.00. The molecule has 2 heterocycles. The molecule has 4 rings (SSSR count). The first kappa shape index (κ1) is 25.7. The minimum Gasteiger partial charge on any atom is -0.383 e. The zero-order valence-electron chi connectivity index (χ0n) is 20.9. The van der Waals surface area contributed by atoms with Gasteiger partial charge >= 0.3 is 0 Å². The Hall–Kier alpha value is -4.40. The molecule has 7 nitrogen and oxygen atoms in total. The van der Waals surface area contributed by atoms with E-state index in [-0.39, 0.29) is 22.9 Å². The van der Waals surface area contributed by atoms with E-state index in [0.29, 0.717) is 28.3 Å². The fraction of sp³-hybridized carbons (Fsp3) is 0.207. The highest BCUT2D eigenvalue weighted by atomic mass is 32.2. The number of carbonyl (C=O) groups excluding carboxylic acids is 1. The van der Waals surface area contributed by atoms with Gasteiger partial charge in [-0.25, -0.2) is 4.98 Å². The summed E-state index contributed by atoms with van der Waals surface area (Å²) in [5, 5.41) is 23.6. The van der Waals surface area contributed by atoms with Crippen LogP contribution in [0.3, 0.4) is 0 Å². The maximum Gasteiger partial charge on any atom is 0.237 e. The van der Waals surface area contributed by atoms with Gasteiger partial charge in [0, 0.05) is 16.6 Å². The fourth-order valence-electron chi connectivity index (χ4n) is 4.16. The maximum atomic E-state index is 13.4. The van der Waals surface area contributed by atoms with Gasteiger partial charge in [0.05, 0.1) is 22.0 Å². The lowest BCUT2D eigenvalue weighted by atomic mass is 9.96. The molecule has 0 saturated heterocycles. The van der Waals surface area contributed by atoms with Crippen molar-refractivity contribution >= 4 is 40.1 Å². The molecule has 0 aliphatic rings. The van der Waals surface area contributed by atoms with Crippen LogP contribution in [0.2, 0.25) is 0 Å². The Kier molecular flexibility index (Phi) is 7.71. The minimum absolute atomic E-state index is 0.0320. The van der Waals surface area contributed by atoms with Gasteiger partial charge in [0.15, 0.2) is 0 Å². The maximum absolute atomic E-state index is 13.4. The Morgan fingerprint density at radius 3 is 2.41 bits per heavy atom. The molecular formula is C29H26N6OS. The molecule has 0 radical (unpaired) electrons. The predicted molar refractivity (Wildman–Crippen MR) is 148 cm³/mol. The summed E-state index contributed by atoms with van der Waals surface area (Å²) >= 11 is 1.18. The molecule has 4 aromatic rings. The van der Waals surface area contributed by atoms with Crippen molar-refractivity contribution in [2.24, 2.45) is 0 Å². The third kappa shape index (κ3) is 5.25. The van der Waals surface area contributed by atoms with E-state index in [0.717, 1.165) is 28.6 Å². The summed E-state index contributed by atoms with van der Waals surface area (Å²) in [6.07, 6.45) is 1.36. The number of anilines is 2. The van der Waals surface area contributed by atoms with Crippen molar-refractivity contribution in [2.45, 2.75) is 43.9 Å². The second kappa shape index (κ2) is 11.1. The van der Waals surface area contributed by atoms with E-state index in [2.05, 4.69) is 34.3 Å². The van der Waals surface area contributed by atoms with Gasteiger partial charge in [-0.15, -0.1) is 0 Å². The zero-order chi connectivity index (χ0) is 26.5. The number of hydrogen-bond acceptors (Lipinski definition) is 7. The third-order valence-corrected chi connectivity index (χ3v) is 7.44. The average molecular weight is 507 g/mol. The molecule has 37 heavy (non-hydrogen) atoms. The lowest BCUT2D eigenvalue weighted by Gasteiger charge is -2.18. The van der Waals surface area contributed by atoms with Gasteiger partial charge < -0.3 is 11.1 Å². The van der Waals surface area contributed by atoms with E-state index in [1.165, 1.54) is 11.8 Å². The summed E-state index contributed by atoms with van der Waals surface area (Å²) < 4.78 is 0. The van der Waals surface area contributed by atoms with Crippen LogP contribution < -0.4 is 11.1 Å². The Morgan fingerprint density at radius 2 is 1.76 bits per heavy atom. The number of nitriles is 2. The first-order valence-corrected chi connectivity index (χ1v) is 12.8. The Morgan fingerprint density at radius 1 is 1.05 bits per heavy atom. The number of rotatable bonds is 7. The predicted octanol–water partition coefficient (Wildman–Crippen LogP) is 6.00. The molecule has 1 amide bonds. The molecular weight excluding hydrogens is 480 g/mol. The summed E-state index contributed by atoms with van der Waals surface area (Å²) in [5.74, 6) is -0.185. The van der Waals surface area contributed by atoms with Gasteiger partial charge in [0.2, 0.25) is 5.91 Å². The monoisotopic (exact) mass is 506 g/mol. The fourth-order valence-corrected chi connectivity index (χ4v) is 5.18. The van der Waals surface area contributed by atoms with Crippen LogP contribution in [0.4, 0.5) is 11.5 Å². The van der Waals surface area contributed by atoms with Crippen molar-refractivity contribution < 1.29 is 4.79 Å². The quantitative estimate of drug-likeness (QED) is 0.294. The molecule has 0 saturated carbocycles. The van der Waals surface area contributed by atoms with Crippen molar-refractivity contribution in [3.05, 3.63) is 77.0 Å². The molecule has 2 aromatic carbocycles. The number of aromatic nitrogens is 2. The van der Waals surface area contributed by atoms with Crippen LogP contribution >= 0.6 is 11.8 Å². The molecule has 0 aliphatic carbocycles. The number of nitrogens with zero attached hydrogens (tertiary/aromatic N) is 4. The SMILES string of the molecule is CCc1ccc(-c2c(C#N)c(N)nc(SC(CC)C(=O)Nc3cc(C)nc4ccccc34)c2C#N)cc1. The number of pyridine rings is 2. The van der Waals surface area contributed by atoms with Crippen LogP contribution in [-0.4, -0.2) is 21.1 Å². The van der Waals surface area contributed by atoms with E-state index in [1.54, 1.807) is 0 Å². The van der Waals surface area contributed by atoms with Gasteiger partial charge in [0.1, 0.15) is 28.5 Å². The molecule has 8 heteroatoms. The number of amides is 1. The number of carbonyl (C=O) groups is 1. The van der Waals surface area contributed by atoms with Crippen molar-refractivity contribution in [3.8, 4) is 23.3 Å². The van der Waals surface area contributed by atoms with E-state index in [9.17, 15) is 15.3 Å². The second-order valence-electron chi connectivity index (χ2n) is 8.53. The molecule has 0 fully saturated rings. The summed E-state index contributed by atoms with van der Waals surface area (Å²) in [6, 6.07) is 21.5. The van der Waals surface area contributed by atoms with Crippen LogP contribution in [0.25, 0.3) is 22.0 Å². The summed E-state index contributed by atoms with van der Waals surface area (Å²) in [6.45, 7) is 5.84. The smallest absolute Gasteiger partial charge is 0.237 e. The minimum atomic E-state index is -0.547. The Labute approximate surface area is 220 Å². The van der Waals surface area contributed by atoms with Crippen LogP contribution in [0.15, 0.2) is 59.6 Å². The number of benzene rings is 2. The molecule has 0 bridgehead atoms. The average Bonchev–Trinajstić information content (AvgIpc) is 2.91. The number of nitrogens with one attached hydrogen (secondary N) is 1. The summed E-state index contributed by atoms with van der Waals surface area (Å²) in [5.41, 5.74) is 11.1. The molecule has 184 valence electrons.